The van der Waals surface area contributed by atoms with Crippen LogP contribution in [0.5, 0.6) is 11.5 Å². The van der Waals surface area contributed by atoms with Crippen LogP contribution in [-0.2, 0) is 13.0 Å². The van der Waals surface area contributed by atoms with Crippen molar-refractivity contribution in [1.82, 2.24) is 10.3 Å². The van der Waals surface area contributed by atoms with Gasteiger partial charge in [-0.3, -0.25) is 0 Å². The fourth-order valence-corrected chi connectivity index (χ4v) is 3.62. The molecule has 0 aliphatic heterocycles. The number of aromatic amines is 1. The van der Waals surface area contributed by atoms with Gasteiger partial charge in [-0.2, -0.15) is 0 Å². The highest BCUT2D eigenvalue weighted by Crippen LogP contribution is 2.36. The molecule has 0 unspecified atom stereocenters. The summed E-state index contributed by atoms with van der Waals surface area (Å²) >= 11 is 3.60. The van der Waals surface area contributed by atoms with Crippen molar-refractivity contribution in [2.45, 2.75) is 26.3 Å². The minimum absolute atomic E-state index is 0.678. The number of rotatable bonds is 9. The van der Waals surface area contributed by atoms with Gasteiger partial charge < -0.3 is 19.8 Å². The monoisotopic (exact) mass is 416 g/mol. The third kappa shape index (κ3) is 4.40. The molecule has 0 saturated heterocycles. The number of hydrogen-bond acceptors (Lipinski definition) is 3. The first-order valence-electron chi connectivity index (χ1n) is 8.97. The molecule has 0 radical (unpaired) electrons. The minimum atomic E-state index is 0.678. The molecule has 0 amide bonds. The van der Waals surface area contributed by atoms with Gasteiger partial charge in [0.25, 0.3) is 0 Å². The average Bonchev–Trinajstić information content (AvgIpc) is 3.07. The summed E-state index contributed by atoms with van der Waals surface area (Å²) in [6.45, 7) is 4.46. The molecule has 138 valence electrons. The Kier molecular flexibility index (Phi) is 6.58. The van der Waals surface area contributed by atoms with Gasteiger partial charge in [0, 0.05) is 23.6 Å². The second kappa shape index (κ2) is 9.10. The standard InChI is InChI=1S/C21H25BrN2O2/c1-3-10-26-21-18(22)11-15(12-20(21)25-2)13-23-9-8-16-14-24-19-7-5-4-6-17(16)19/h4-7,11-12,14,23-24H,3,8-10,13H2,1-2H3. The Bertz CT molecular complexity index is 860. The number of nitrogens with one attached hydrogen (secondary N) is 2. The lowest BCUT2D eigenvalue weighted by atomic mass is 10.1. The van der Waals surface area contributed by atoms with Crippen LogP contribution < -0.4 is 14.8 Å². The molecule has 2 N–H and O–H groups in total. The molecule has 3 rings (SSSR count). The third-order valence-electron chi connectivity index (χ3n) is 4.31. The van der Waals surface area contributed by atoms with Gasteiger partial charge >= 0.3 is 0 Å². The van der Waals surface area contributed by atoms with Crippen LogP contribution in [0.2, 0.25) is 0 Å². The zero-order valence-corrected chi connectivity index (χ0v) is 16.9. The van der Waals surface area contributed by atoms with E-state index in [0.29, 0.717) is 6.61 Å². The first-order chi connectivity index (χ1) is 12.7. The van der Waals surface area contributed by atoms with Crippen LogP contribution in [0.25, 0.3) is 10.9 Å². The fourth-order valence-electron chi connectivity index (χ4n) is 3.01. The molecule has 3 aromatic rings. The molecule has 0 spiro atoms. The van der Waals surface area contributed by atoms with Crippen molar-refractivity contribution >= 4 is 26.8 Å². The maximum absolute atomic E-state index is 5.78. The first kappa shape index (κ1) is 18.8. The Morgan fingerprint density at radius 2 is 2.04 bits per heavy atom. The normalized spacial score (nSPS) is 11.0. The molecule has 0 atom stereocenters. The lowest BCUT2D eigenvalue weighted by molar-refractivity contribution is 0.292. The van der Waals surface area contributed by atoms with E-state index < -0.39 is 0 Å². The van der Waals surface area contributed by atoms with E-state index in [9.17, 15) is 0 Å². The number of fused-ring (bicyclic) bond motifs is 1. The minimum Gasteiger partial charge on any atom is -0.493 e. The first-order valence-corrected chi connectivity index (χ1v) is 9.77. The molecule has 0 saturated carbocycles. The van der Waals surface area contributed by atoms with E-state index in [4.69, 9.17) is 9.47 Å². The second-order valence-electron chi connectivity index (χ2n) is 6.24. The van der Waals surface area contributed by atoms with E-state index in [0.717, 1.165) is 47.5 Å². The van der Waals surface area contributed by atoms with E-state index in [-0.39, 0.29) is 0 Å². The Morgan fingerprint density at radius 1 is 1.19 bits per heavy atom. The van der Waals surface area contributed by atoms with Crippen LogP contribution in [0, 0.1) is 0 Å². The van der Waals surface area contributed by atoms with Crippen molar-refractivity contribution in [1.29, 1.82) is 0 Å². The summed E-state index contributed by atoms with van der Waals surface area (Å²) < 4.78 is 12.2. The van der Waals surface area contributed by atoms with Gasteiger partial charge in [0.15, 0.2) is 11.5 Å². The predicted molar refractivity (Wildman–Crippen MR) is 110 cm³/mol. The van der Waals surface area contributed by atoms with Crippen LogP contribution in [0.3, 0.4) is 0 Å². The summed E-state index contributed by atoms with van der Waals surface area (Å²) in [5.74, 6) is 1.54. The number of hydrogen-bond donors (Lipinski definition) is 2. The highest BCUT2D eigenvalue weighted by molar-refractivity contribution is 9.10. The van der Waals surface area contributed by atoms with E-state index in [1.54, 1.807) is 7.11 Å². The van der Waals surface area contributed by atoms with Gasteiger partial charge in [-0.25, -0.2) is 0 Å². The Morgan fingerprint density at radius 3 is 2.85 bits per heavy atom. The smallest absolute Gasteiger partial charge is 0.175 e. The molecule has 26 heavy (non-hydrogen) atoms. The van der Waals surface area contributed by atoms with Crippen LogP contribution in [0.1, 0.15) is 24.5 Å². The highest BCUT2D eigenvalue weighted by Gasteiger charge is 2.11. The summed E-state index contributed by atoms with van der Waals surface area (Å²) in [7, 11) is 1.68. The maximum atomic E-state index is 5.78. The molecule has 1 aromatic heterocycles. The van der Waals surface area contributed by atoms with Gasteiger partial charge in [0.1, 0.15) is 0 Å². The number of H-pyrrole nitrogens is 1. The van der Waals surface area contributed by atoms with Crippen molar-refractivity contribution in [3.8, 4) is 11.5 Å². The van der Waals surface area contributed by atoms with E-state index in [1.807, 2.05) is 6.07 Å². The quantitative estimate of drug-likeness (QED) is 0.479. The Labute approximate surface area is 163 Å². The molecule has 5 heteroatoms. The van der Waals surface area contributed by atoms with E-state index in [2.05, 4.69) is 69.7 Å². The molecule has 0 bridgehead atoms. The summed E-state index contributed by atoms with van der Waals surface area (Å²) in [5.41, 5.74) is 3.70. The van der Waals surface area contributed by atoms with Gasteiger partial charge in [0.2, 0.25) is 0 Å². The number of para-hydroxylation sites is 1. The van der Waals surface area contributed by atoms with Crippen LogP contribution in [0.4, 0.5) is 0 Å². The van der Waals surface area contributed by atoms with Gasteiger partial charge in [-0.15, -0.1) is 0 Å². The molecule has 0 fully saturated rings. The molecular formula is C21H25BrN2O2. The summed E-state index contributed by atoms with van der Waals surface area (Å²) in [4.78, 5) is 3.33. The van der Waals surface area contributed by atoms with Gasteiger partial charge in [-0.05, 0) is 64.6 Å². The molecule has 4 nitrogen and oxygen atoms in total. The molecule has 2 aromatic carbocycles. The Hall–Kier alpha value is -1.98. The number of ether oxygens (including phenoxy) is 2. The number of halogens is 1. The van der Waals surface area contributed by atoms with E-state index in [1.165, 1.54) is 16.5 Å². The van der Waals surface area contributed by atoms with Gasteiger partial charge in [0.05, 0.1) is 18.2 Å². The number of aromatic nitrogens is 1. The SMILES string of the molecule is CCCOc1c(Br)cc(CNCCc2c[nH]c3ccccc23)cc1OC. The molecular weight excluding hydrogens is 392 g/mol. The lowest BCUT2D eigenvalue weighted by Crippen LogP contribution is -2.16. The van der Waals surface area contributed by atoms with Crippen molar-refractivity contribution in [2.75, 3.05) is 20.3 Å². The van der Waals surface area contributed by atoms with Crippen LogP contribution in [0.15, 0.2) is 47.1 Å². The average molecular weight is 417 g/mol. The molecule has 0 aliphatic rings. The van der Waals surface area contributed by atoms with Crippen molar-refractivity contribution in [3.05, 3.63) is 58.2 Å². The summed E-state index contributed by atoms with van der Waals surface area (Å²) in [6.07, 6.45) is 4.05. The fraction of sp³-hybridized carbons (Fsp3) is 0.333. The number of benzene rings is 2. The van der Waals surface area contributed by atoms with Crippen LogP contribution >= 0.6 is 15.9 Å². The van der Waals surface area contributed by atoms with E-state index >= 15 is 0 Å². The third-order valence-corrected chi connectivity index (χ3v) is 4.90. The topological polar surface area (TPSA) is 46.3 Å². The van der Waals surface area contributed by atoms with Gasteiger partial charge in [-0.1, -0.05) is 25.1 Å². The van der Waals surface area contributed by atoms with Crippen molar-refractivity contribution in [3.63, 3.8) is 0 Å². The van der Waals surface area contributed by atoms with Crippen molar-refractivity contribution < 1.29 is 9.47 Å². The second-order valence-corrected chi connectivity index (χ2v) is 7.10. The summed E-state index contributed by atoms with van der Waals surface area (Å²) in [5, 5.41) is 4.82. The zero-order chi connectivity index (χ0) is 18.4. The predicted octanol–water partition coefficient (Wildman–Crippen LogP) is 5.06. The Balaban J connectivity index is 1.58. The maximum Gasteiger partial charge on any atom is 0.175 e. The molecule has 1 heterocycles. The molecule has 0 aliphatic carbocycles. The lowest BCUT2D eigenvalue weighted by Gasteiger charge is -2.14. The summed E-state index contributed by atoms with van der Waals surface area (Å²) in [6, 6.07) is 12.5. The number of methoxy groups -OCH3 is 1. The van der Waals surface area contributed by atoms with Crippen molar-refractivity contribution in [2.24, 2.45) is 0 Å². The zero-order valence-electron chi connectivity index (χ0n) is 15.3. The highest BCUT2D eigenvalue weighted by atomic mass is 79.9. The van der Waals surface area contributed by atoms with Crippen LogP contribution in [-0.4, -0.2) is 25.2 Å². The largest absolute Gasteiger partial charge is 0.493 e.